The molecular weight excluding hydrogens is 278 g/mol. The normalized spacial score (nSPS) is 26.7. The Morgan fingerprint density at radius 2 is 2.00 bits per heavy atom. The van der Waals surface area contributed by atoms with Gasteiger partial charge in [0.1, 0.15) is 0 Å². The summed E-state index contributed by atoms with van der Waals surface area (Å²) in [6.45, 7) is 2.61. The average Bonchev–Trinajstić information content (AvgIpc) is 2.45. The summed E-state index contributed by atoms with van der Waals surface area (Å²) in [5.41, 5.74) is 5.19. The van der Waals surface area contributed by atoms with Gasteiger partial charge in [0.25, 0.3) is 0 Å². The van der Waals surface area contributed by atoms with Crippen molar-refractivity contribution in [3.05, 3.63) is 0 Å². The average molecular weight is 304 g/mol. The molecule has 0 aromatic rings. The number of rotatable bonds is 4. The number of carbonyl (C=O) groups excluding carboxylic acids is 2. The van der Waals surface area contributed by atoms with E-state index < -0.39 is 0 Å². The Morgan fingerprint density at radius 1 is 1.20 bits per heavy atom. The SMILES string of the molecule is Cl.NC(=O)CCC1CCCN(C(=O)C2CCCCN2)C1. The maximum Gasteiger partial charge on any atom is 0.239 e. The number of nitrogens with one attached hydrogen (secondary N) is 1. The van der Waals surface area contributed by atoms with E-state index >= 15 is 0 Å². The summed E-state index contributed by atoms with van der Waals surface area (Å²) in [5, 5.41) is 3.32. The lowest BCUT2D eigenvalue weighted by Crippen LogP contribution is -2.51. The van der Waals surface area contributed by atoms with E-state index in [-0.39, 0.29) is 30.3 Å². The van der Waals surface area contributed by atoms with Crippen molar-refractivity contribution in [3.8, 4) is 0 Å². The summed E-state index contributed by atoms with van der Waals surface area (Å²) in [4.78, 5) is 25.2. The monoisotopic (exact) mass is 303 g/mol. The number of piperidine rings is 2. The predicted octanol–water partition coefficient (Wildman–Crippen LogP) is 1.05. The van der Waals surface area contributed by atoms with Crippen LogP contribution in [0.5, 0.6) is 0 Å². The van der Waals surface area contributed by atoms with Crippen LogP contribution in [0.3, 0.4) is 0 Å². The molecule has 116 valence electrons. The molecule has 20 heavy (non-hydrogen) atoms. The quantitative estimate of drug-likeness (QED) is 0.815. The molecule has 3 N–H and O–H groups in total. The van der Waals surface area contributed by atoms with Gasteiger partial charge in [-0.05, 0) is 44.6 Å². The van der Waals surface area contributed by atoms with Crippen LogP contribution < -0.4 is 11.1 Å². The van der Waals surface area contributed by atoms with Gasteiger partial charge < -0.3 is 16.0 Å². The molecule has 2 amide bonds. The van der Waals surface area contributed by atoms with Crippen molar-refractivity contribution in [2.24, 2.45) is 11.7 Å². The zero-order valence-electron chi connectivity index (χ0n) is 12.0. The molecule has 0 aromatic carbocycles. The van der Waals surface area contributed by atoms with Crippen LogP contribution in [0.1, 0.15) is 44.9 Å². The molecule has 2 rings (SSSR count). The Balaban J connectivity index is 0.00000200. The third-order valence-corrected chi connectivity index (χ3v) is 4.24. The summed E-state index contributed by atoms with van der Waals surface area (Å²) in [5.74, 6) is 0.453. The van der Waals surface area contributed by atoms with Gasteiger partial charge in [0.05, 0.1) is 6.04 Å². The lowest BCUT2D eigenvalue weighted by molar-refractivity contribution is -0.135. The first kappa shape index (κ1) is 17.2. The Hall–Kier alpha value is -0.810. The second-order valence-electron chi connectivity index (χ2n) is 5.80. The van der Waals surface area contributed by atoms with Gasteiger partial charge in [0.2, 0.25) is 11.8 Å². The molecule has 2 aliphatic rings. The molecule has 0 bridgehead atoms. The number of primary amides is 1. The zero-order chi connectivity index (χ0) is 13.7. The van der Waals surface area contributed by atoms with Gasteiger partial charge >= 0.3 is 0 Å². The van der Waals surface area contributed by atoms with E-state index in [1.54, 1.807) is 0 Å². The number of carbonyl (C=O) groups is 2. The molecule has 2 unspecified atom stereocenters. The number of hydrogen-bond acceptors (Lipinski definition) is 3. The summed E-state index contributed by atoms with van der Waals surface area (Å²) in [6, 6.07) is 0.0173. The van der Waals surface area contributed by atoms with Crippen LogP contribution >= 0.6 is 12.4 Å². The highest BCUT2D eigenvalue weighted by Crippen LogP contribution is 2.22. The predicted molar refractivity (Wildman–Crippen MR) is 80.6 cm³/mol. The molecule has 0 saturated carbocycles. The Morgan fingerprint density at radius 3 is 2.65 bits per heavy atom. The maximum absolute atomic E-state index is 12.4. The zero-order valence-corrected chi connectivity index (χ0v) is 12.8. The van der Waals surface area contributed by atoms with Gasteiger partial charge in [-0.15, -0.1) is 12.4 Å². The largest absolute Gasteiger partial charge is 0.370 e. The first-order valence-electron chi connectivity index (χ1n) is 7.47. The molecule has 5 nitrogen and oxygen atoms in total. The summed E-state index contributed by atoms with van der Waals surface area (Å²) in [7, 11) is 0. The lowest BCUT2D eigenvalue weighted by Gasteiger charge is -2.36. The number of amides is 2. The van der Waals surface area contributed by atoms with E-state index in [1.807, 2.05) is 4.90 Å². The number of nitrogens with two attached hydrogens (primary N) is 1. The number of hydrogen-bond donors (Lipinski definition) is 2. The van der Waals surface area contributed by atoms with Gasteiger partial charge in [-0.25, -0.2) is 0 Å². The Bertz CT molecular complexity index is 332. The van der Waals surface area contributed by atoms with Crippen molar-refractivity contribution in [2.45, 2.75) is 51.0 Å². The van der Waals surface area contributed by atoms with Crippen molar-refractivity contribution >= 4 is 24.2 Å². The highest BCUT2D eigenvalue weighted by Gasteiger charge is 2.29. The Labute approximate surface area is 127 Å². The van der Waals surface area contributed by atoms with Crippen LogP contribution in [0.2, 0.25) is 0 Å². The fourth-order valence-electron chi connectivity index (χ4n) is 3.13. The smallest absolute Gasteiger partial charge is 0.239 e. The first-order valence-corrected chi connectivity index (χ1v) is 7.47. The fraction of sp³-hybridized carbons (Fsp3) is 0.857. The van der Waals surface area contributed by atoms with E-state index in [9.17, 15) is 9.59 Å². The number of halogens is 1. The number of nitrogens with zero attached hydrogens (tertiary/aromatic N) is 1. The van der Waals surface area contributed by atoms with Crippen LogP contribution in [-0.2, 0) is 9.59 Å². The van der Waals surface area contributed by atoms with Gasteiger partial charge in [-0.3, -0.25) is 9.59 Å². The third-order valence-electron chi connectivity index (χ3n) is 4.24. The Kier molecular flexibility index (Phi) is 7.30. The molecule has 2 saturated heterocycles. The second kappa shape index (κ2) is 8.47. The maximum atomic E-state index is 12.4. The molecular formula is C14H26ClN3O2. The molecule has 2 aliphatic heterocycles. The third kappa shape index (κ3) is 4.94. The van der Waals surface area contributed by atoms with Crippen molar-refractivity contribution in [3.63, 3.8) is 0 Å². The molecule has 0 aromatic heterocycles. The van der Waals surface area contributed by atoms with Crippen LogP contribution in [-0.4, -0.2) is 42.4 Å². The number of likely N-dealkylation sites (tertiary alicyclic amines) is 1. The van der Waals surface area contributed by atoms with Crippen molar-refractivity contribution in [2.75, 3.05) is 19.6 Å². The fourth-order valence-corrected chi connectivity index (χ4v) is 3.13. The summed E-state index contributed by atoms with van der Waals surface area (Å²) in [6.07, 6.45) is 6.68. The van der Waals surface area contributed by atoms with Crippen molar-refractivity contribution in [1.29, 1.82) is 0 Å². The molecule has 0 aliphatic carbocycles. The molecule has 0 spiro atoms. The van der Waals surface area contributed by atoms with Crippen LogP contribution in [0.4, 0.5) is 0 Å². The van der Waals surface area contributed by atoms with E-state index in [0.29, 0.717) is 12.3 Å². The lowest BCUT2D eigenvalue weighted by atomic mass is 9.92. The van der Waals surface area contributed by atoms with Crippen molar-refractivity contribution in [1.82, 2.24) is 10.2 Å². The molecule has 2 fully saturated rings. The van der Waals surface area contributed by atoms with E-state index in [1.165, 1.54) is 6.42 Å². The van der Waals surface area contributed by atoms with Gasteiger partial charge in [-0.2, -0.15) is 0 Å². The molecule has 2 heterocycles. The summed E-state index contributed by atoms with van der Waals surface area (Å²) >= 11 is 0. The van der Waals surface area contributed by atoms with Gasteiger partial charge in [0, 0.05) is 19.5 Å². The first-order chi connectivity index (χ1) is 9.16. The highest BCUT2D eigenvalue weighted by molar-refractivity contribution is 5.85. The van der Waals surface area contributed by atoms with Crippen molar-refractivity contribution < 1.29 is 9.59 Å². The van der Waals surface area contributed by atoms with E-state index in [0.717, 1.165) is 51.7 Å². The standard InChI is InChI=1S/C14H25N3O2.ClH/c15-13(18)7-6-11-4-3-9-17(10-11)14(19)12-5-1-2-8-16-12;/h11-12,16H,1-10H2,(H2,15,18);1H. The molecule has 0 radical (unpaired) electrons. The van der Waals surface area contributed by atoms with Crippen LogP contribution in [0, 0.1) is 5.92 Å². The minimum absolute atomic E-state index is 0. The van der Waals surface area contributed by atoms with Crippen LogP contribution in [0.15, 0.2) is 0 Å². The van der Waals surface area contributed by atoms with E-state index in [2.05, 4.69) is 5.32 Å². The van der Waals surface area contributed by atoms with Gasteiger partial charge in [-0.1, -0.05) is 6.42 Å². The topological polar surface area (TPSA) is 75.4 Å². The second-order valence-corrected chi connectivity index (χ2v) is 5.80. The minimum Gasteiger partial charge on any atom is -0.370 e. The summed E-state index contributed by atoms with van der Waals surface area (Å²) < 4.78 is 0. The molecule has 2 atom stereocenters. The highest BCUT2D eigenvalue weighted by atomic mass is 35.5. The van der Waals surface area contributed by atoms with Crippen LogP contribution in [0.25, 0.3) is 0 Å². The van der Waals surface area contributed by atoms with E-state index in [4.69, 9.17) is 5.73 Å². The minimum atomic E-state index is -0.239. The van der Waals surface area contributed by atoms with Gasteiger partial charge in [0.15, 0.2) is 0 Å². The molecule has 6 heteroatoms.